The Bertz CT molecular complexity index is 1270. The molecule has 0 unspecified atom stereocenters. The second-order valence-electron chi connectivity index (χ2n) is 10.9. The lowest BCUT2D eigenvalue weighted by molar-refractivity contribution is 0.433. The summed E-state index contributed by atoms with van der Waals surface area (Å²) in [5.74, 6) is -5.53. The van der Waals surface area contributed by atoms with Gasteiger partial charge in [0.15, 0.2) is 23.3 Å². The minimum absolute atomic E-state index is 0.103. The van der Waals surface area contributed by atoms with Crippen LogP contribution < -0.4 is 0 Å². The zero-order valence-corrected chi connectivity index (χ0v) is 21.2. The van der Waals surface area contributed by atoms with E-state index in [0.29, 0.717) is 16.8 Å². The van der Waals surface area contributed by atoms with Gasteiger partial charge in [-0.1, -0.05) is 65.8 Å². The summed E-state index contributed by atoms with van der Waals surface area (Å²) in [4.78, 5) is 4.48. The number of rotatable bonds is 4. The van der Waals surface area contributed by atoms with Crippen LogP contribution in [0.4, 0.5) is 23.2 Å². The molecule has 0 amide bonds. The van der Waals surface area contributed by atoms with E-state index in [4.69, 9.17) is 0 Å². The quantitative estimate of drug-likeness (QED) is 0.225. The molecular formula is C29H31F4NO. The Kier molecular flexibility index (Phi) is 7.16. The predicted molar refractivity (Wildman–Crippen MR) is 133 cm³/mol. The van der Waals surface area contributed by atoms with E-state index in [2.05, 4.69) is 25.8 Å². The van der Waals surface area contributed by atoms with Crippen LogP contribution in [-0.4, -0.2) is 11.3 Å². The van der Waals surface area contributed by atoms with Gasteiger partial charge in [-0.2, -0.15) is 0 Å². The van der Waals surface area contributed by atoms with E-state index in [1.54, 1.807) is 24.3 Å². The number of hydrogen-bond acceptors (Lipinski definition) is 2. The summed E-state index contributed by atoms with van der Waals surface area (Å²) in [6.45, 7) is 13.2. The first-order valence-corrected chi connectivity index (χ1v) is 11.4. The Morgan fingerprint density at radius 3 is 1.94 bits per heavy atom. The number of aromatic hydroxyl groups is 1. The normalized spacial score (nSPS) is 12.5. The van der Waals surface area contributed by atoms with Crippen molar-refractivity contribution in [2.45, 2.75) is 65.7 Å². The van der Waals surface area contributed by atoms with Crippen molar-refractivity contribution < 1.29 is 22.7 Å². The molecule has 0 atom stereocenters. The highest BCUT2D eigenvalue weighted by Gasteiger charge is 2.25. The van der Waals surface area contributed by atoms with Crippen LogP contribution >= 0.6 is 0 Å². The van der Waals surface area contributed by atoms with Crippen LogP contribution in [0.5, 0.6) is 5.75 Å². The third kappa shape index (κ3) is 5.42. The molecule has 3 aromatic rings. The van der Waals surface area contributed by atoms with Crippen molar-refractivity contribution in [3.05, 3.63) is 93.0 Å². The van der Waals surface area contributed by atoms with Crippen LogP contribution in [0.3, 0.4) is 0 Å². The van der Waals surface area contributed by atoms with Gasteiger partial charge >= 0.3 is 0 Å². The third-order valence-corrected chi connectivity index (χ3v) is 6.09. The summed E-state index contributed by atoms with van der Waals surface area (Å²) in [6, 6.07) is 10.4. The molecular weight excluding hydrogens is 454 g/mol. The fourth-order valence-electron chi connectivity index (χ4n) is 3.82. The van der Waals surface area contributed by atoms with Crippen molar-refractivity contribution >= 4 is 11.9 Å². The molecule has 0 aliphatic carbocycles. The predicted octanol–water partition coefficient (Wildman–Crippen LogP) is 8.19. The van der Waals surface area contributed by atoms with Gasteiger partial charge in [-0.3, -0.25) is 4.99 Å². The lowest BCUT2D eigenvalue weighted by Crippen LogP contribution is -2.17. The Morgan fingerprint density at radius 1 is 0.829 bits per heavy atom. The maximum atomic E-state index is 14.5. The van der Waals surface area contributed by atoms with Gasteiger partial charge in [0, 0.05) is 34.9 Å². The van der Waals surface area contributed by atoms with Crippen LogP contribution in [0.1, 0.15) is 74.9 Å². The molecule has 0 aliphatic rings. The van der Waals surface area contributed by atoms with Crippen molar-refractivity contribution in [3.63, 3.8) is 0 Å². The number of halogens is 4. The molecule has 0 saturated heterocycles. The van der Waals surface area contributed by atoms with E-state index in [9.17, 15) is 22.7 Å². The summed E-state index contributed by atoms with van der Waals surface area (Å²) in [5, 5.41) is 11.0. The molecule has 3 rings (SSSR count). The summed E-state index contributed by atoms with van der Waals surface area (Å²) in [6.07, 6.45) is 1.11. The van der Waals surface area contributed by atoms with Gasteiger partial charge in [0.25, 0.3) is 0 Å². The van der Waals surface area contributed by atoms with Crippen molar-refractivity contribution in [1.29, 1.82) is 0 Å². The zero-order valence-electron chi connectivity index (χ0n) is 21.2. The summed E-state index contributed by atoms with van der Waals surface area (Å²) in [5.41, 5.74) is 1.15. The molecule has 3 aromatic carbocycles. The molecule has 0 heterocycles. The number of nitrogens with zero attached hydrogens (tertiary/aromatic N) is 1. The molecule has 0 radical (unpaired) electrons. The molecule has 2 nitrogen and oxygen atoms in total. The smallest absolute Gasteiger partial charge is 0.165 e. The first-order chi connectivity index (χ1) is 16.1. The fraction of sp³-hybridized carbons (Fsp3) is 0.345. The number of hydrogen-bond donors (Lipinski definition) is 1. The highest BCUT2D eigenvalue weighted by molar-refractivity contribution is 5.87. The maximum Gasteiger partial charge on any atom is 0.165 e. The van der Waals surface area contributed by atoms with Crippen LogP contribution in [0.2, 0.25) is 0 Å². The Balaban J connectivity index is 2.09. The molecule has 186 valence electrons. The van der Waals surface area contributed by atoms with E-state index in [-0.39, 0.29) is 23.0 Å². The topological polar surface area (TPSA) is 32.6 Å². The van der Waals surface area contributed by atoms with Crippen LogP contribution in [0.25, 0.3) is 0 Å². The molecule has 0 spiro atoms. The molecule has 35 heavy (non-hydrogen) atoms. The van der Waals surface area contributed by atoms with Gasteiger partial charge in [-0.15, -0.1) is 0 Å². The average Bonchev–Trinajstić information content (AvgIpc) is 2.77. The minimum Gasteiger partial charge on any atom is -0.507 e. The molecule has 1 N–H and O–H groups in total. The number of phenols is 1. The third-order valence-electron chi connectivity index (χ3n) is 6.09. The highest BCUT2D eigenvalue weighted by Crippen LogP contribution is 2.37. The van der Waals surface area contributed by atoms with Crippen LogP contribution in [0, 0.1) is 30.2 Å². The maximum absolute atomic E-state index is 14.5. The lowest BCUT2D eigenvalue weighted by Gasteiger charge is -2.27. The van der Waals surface area contributed by atoms with Gasteiger partial charge in [0.05, 0.1) is 5.69 Å². The number of aliphatic imine (C=N–C) groups is 1. The molecule has 0 aromatic heterocycles. The second kappa shape index (κ2) is 9.48. The van der Waals surface area contributed by atoms with Crippen molar-refractivity contribution in [2.24, 2.45) is 4.99 Å². The van der Waals surface area contributed by atoms with Gasteiger partial charge in [0.2, 0.25) is 0 Å². The van der Waals surface area contributed by atoms with Crippen LogP contribution in [-0.2, 0) is 17.3 Å². The van der Waals surface area contributed by atoms with Gasteiger partial charge < -0.3 is 5.11 Å². The minimum atomic E-state index is -1.41. The summed E-state index contributed by atoms with van der Waals surface area (Å²) >= 11 is 0. The van der Waals surface area contributed by atoms with E-state index in [1.807, 2.05) is 32.9 Å². The Labute approximate surface area is 204 Å². The van der Waals surface area contributed by atoms with E-state index < -0.39 is 34.4 Å². The number of benzene rings is 3. The highest BCUT2D eigenvalue weighted by atomic mass is 19.2. The van der Waals surface area contributed by atoms with Crippen molar-refractivity contribution in [1.82, 2.24) is 0 Å². The Morgan fingerprint density at radius 2 is 1.40 bits per heavy atom. The van der Waals surface area contributed by atoms with Crippen molar-refractivity contribution in [3.8, 4) is 5.75 Å². The Hall–Kier alpha value is -3.15. The molecule has 0 saturated carbocycles. The van der Waals surface area contributed by atoms with Gasteiger partial charge in [-0.25, -0.2) is 17.6 Å². The van der Waals surface area contributed by atoms with Crippen molar-refractivity contribution in [2.75, 3.05) is 0 Å². The van der Waals surface area contributed by atoms with Crippen LogP contribution in [0.15, 0.2) is 41.4 Å². The first-order valence-electron chi connectivity index (χ1n) is 11.4. The SMILES string of the molecule is Cc1c(F)c(F)c(Cc2ccccc2/N=C/c2cc(C(C)(C)C)cc(C(C)(C)C)c2O)c(F)c1F. The fourth-order valence-corrected chi connectivity index (χ4v) is 3.82. The summed E-state index contributed by atoms with van der Waals surface area (Å²) in [7, 11) is 0. The van der Waals surface area contributed by atoms with E-state index in [0.717, 1.165) is 18.1 Å². The zero-order chi connectivity index (χ0) is 26.3. The number of para-hydroxylation sites is 1. The number of phenolic OH excluding ortho intramolecular Hbond substituents is 1. The van der Waals surface area contributed by atoms with Gasteiger partial charge in [0.1, 0.15) is 5.75 Å². The van der Waals surface area contributed by atoms with E-state index >= 15 is 0 Å². The average molecular weight is 486 g/mol. The summed E-state index contributed by atoms with van der Waals surface area (Å²) < 4.78 is 57.1. The standard InChI is InChI=1S/C29H31F4NO/c1-16-23(30)25(32)20(26(33)24(16)31)13-17-10-8-9-11-22(17)34-15-18-12-19(28(2,3)4)14-21(27(18)35)29(5,6)7/h8-12,14-15,35H,13H2,1-7H3/b34-15+. The van der Waals surface area contributed by atoms with E-state index in [1.165, 1.54) is 6.21 Å². The molecule has 0 bridgehead atoms. The molecule has 6 heteroatoms. The largest absolute Gasteiger partial charge is 0.507 e. The molecule has 0 fully saturated rings. The second-order valence-corrected chi connectivity index (χ2v) is 10.9. The lowest BCUT2D eigenvalue weighted by atomic mass is 9.79. The first kappa shape index (κ1) is 26.5. The molecule has 0 aliphatic heterocycles. The van der Waals surface area contributed by atoms with Gasteiger partial charge in [-0.05, 0) is 41.0 Å². The monoisotopic (exact) mass is 485 g/mol.